The van der Waals surface area contributed by atoms with Gasteiger partial charge in [-0.3, -0.25) is 15.1 Å². The summed E-state index contributed by atoms with van der Waals surface area (Å²) in [7, 11) is 0. The Morgan fingerprint density at radius 1 is 1.33 bits per heavy atom. The lowest BCUT2D eigenvalue weighted by atomic mass is 10.1. The largest absolute Gasteiger partial charge is 0.378 e. The summed E-state index contributed by atoms with van der Waals surface area (Å²) in [6, 6.07) is 5.78. The quantitative estimate of drug-likeness (QED) is 0.579. The highest BCUT2D eigenvalue weighted by atomic mass is 79.9. The predicted octanol–water partition coefficient (Wildman–Crippen LogP) is 4.74. The van der Waals surface area contributed by atoms with Crippen LogP contribution in [0.4, 0.5) is 11.4 Å². The van der Waals surface area contributed by atoms with Gasteiger partial charge in [-0.1, -0.05) is 15.9 Å². The summed E-state index contributed by atoms with van der Waals surface area (Å²) in [6.45, 7) is 3.84. The molecule has 0 amide bonds. The number of nitro groups is 1. The van der Waals surface area contributed by atoms with Crippen molar-refractivity contribution >= 4 is 43.2 Å². The van der Waals surface area contributed by atoms with E-state index < -0.39 is 0 Å². The van der Waals surface area contributed by atoms with Crippen LogP contribution in [0.15, 0.2) is 33.3 Å². The van der Waals surface area contributed by atoms with E-state index >= 15 is 0 Å². The highest BCUT2D eigenvalue weighted by Gasteiger charge is 2.18. The molecule has 0 aliphatic heterocycles. The Hall–Kier alpha value is -1.47. The summed E-state index contributed by atoms with van der Waals surface area (Å²) in [5.74, 6) is 0. The van der Waals surface area contributed by atoms with Crippen LogP contribution in [0.3, 0.4) is 0 Å². The van der Waals surface area contributed by atoms with Crippen molar-refractivity contribution in [2.75, 3.05) is 5.32 Å². The minimum absolute atomic E-state index is 0.134. The SMILES string of the molecule is Cc1cnc(CNc2cc(Br)ccc2Br)c(C)c1[N+](=O)[O-]. The molecule has 2 rings (SSSR count). The molecule has 110 valence electrons. The molecule has 0 aliphatic rings. The number of hydrogen-bond acceptors (Lipinski definition) is 4. The highest BCUT2D eigenvalue weighted by Crippen LogP contribution is 2.28. The molecule has 0 saturated carbocycles. The first kappa shape index (κ1) is 15.9. The third-order valence-electron chi connectivity index (χ3n) is 3.13. The van der Waals surface area contributed by atoms with Gasteiger partial charge >= 0.3 is 0 Å². The number of nitrogens with zero attached hydrogens (tertiary/aromatic N) is 2. The van der Waals surface area contributed by atoms with Gasteiger partial charge in [0.2, 0.25) is 0 Å². The minimum atomic E-state index is -0.356. The van der Waals surface area contributed by atoms with Gasteiger partial charge in [0.1, 0.15) is 0 Å². The van der Waals surface area contributed by atoms with Crippen LogP contribution < -0.4 is 5.32 Å². The molecule has 1 aromatic carbocycles. The van der Waals surface area contributed by atoms with Gasteiger partial charge in [0, 0.05) is 26.4 Å². The molecule has 0 fully saturated rings. The summed E-state index contributed by atoms with van der Waals surface area (Å²) in [6.07, 6.45) is 1.54. The molecule has 1 heterocycles. The number of benzene rings is 1. The zero-order valence-corrected chi connectivity index (χ0v) is 14.7. The molecular weight excluding hydrogens is 402 g/mol. The predicted molar refractivity (Wildman–Crippen MR) is 89.5 cm³/mol. The summed E-state index contributed by atoms with van der Waals surface area (Å²) >= 11 is 6.87. The van der Waals surface area contributed by atoms with Crippen LogP contribution in [0, 0.1) is 24.0 Å². The third-order valence-corrected chi connectivity index (χ3v) is 4.32. The van der Waals surface area contributed by atoms with E-state index in [1.807, 2.05) is 18.2 Å². The normalized spacial score (nSPS) is 10.5. The third kappa shape index (κ3) is 3.59. The molecule has 1 N–H and O–H groups in total. The fourth-order valence-corrected chi connectivity index (χ4v) is 2.78. The molecule has 1 aromatic heterocycles. The molecule has 0 radical (unpaired) electrons. The van der Waals surface area contributed by atoms with Crippen molar-refractivity contribution in [3.63, 3.8) is 0 Å². The van der Waals surface area contributed by atoms with Crippen LogP contribution in [0.5, 0.6) is 0 Å². The number of halogens is 2. The van der Waals surface area contributed by atoms with Gasteiger partial charge in [0.15, 0.2) is 0 Å². The van der Waals surface area contributed by atoms with Crippen LogP contribution in [0.25, 0.3) is 0 Å². The molecule has 0 saturated heterocycles. The van der Waals surface area contributed by atoms with Crippen molar-refractivity contribution in [2.45, 2.75) is 20.4 Å². The topological polar surface area (TPSA) is 68.1 Å². The van der Waals surface area contributed by atoms with E-state index in [4.69, 9.17) is 0 Å². The summed E-state index contributed by atoms with van der Waals surface area (Å²) in [5.41, 5.74) is 2.87. The molecular formula is C14H13Br2N3O2. The van der Waals surface area contributed by atoms with E-state index in [1.165, 1.54) is 6.20 Å². The van der Waals surface area contributed by atoms with E-state index in [2.05, 4.69) is 42.2 Å². The van der Waals surface area contributed by atoms with Gasteiger partial charge in [-0.2, -0.15) is 0 Å². The molecule has 21 heavy (non-hydrogen) atoms. The molecule has 2 aromatic rings. The lowest BCUT2D eigenvalue weighted by Crippen LogP contribution is -2.07. The molecule has 7 heteroatoms. The summed E-state index contributed by atoms with van der Waals surface area (Å²) in [4.78, 5) is 15.0. The first-order chi connectivity index (χ1) is 9.90. The van der Waals surface area contributed by atoms with Gasteiger partial charge in [0.25, 0.3) is 5.69 Å². The van der Waals surface area contributed by atoms with Crippen LogP contribution in [0.2, 0.25) is 0 Å². The zero-order valence-electron chi connectivity index (χ0n) is 11.5. The Labute approximate surface area is 139 Å². The van der Waals surface area contributed by atoms with E-state index in [0.717, 1.165) is 14.6 Å². The molecule has 0 atom stereocenters. The second kappa shape index (κ2) is 6.53. The van der Waals surface area contributed by atoms with Gasteiger partial charge in [-0.25, -0.2) is 0 Å². The lowest BCUT2D eigenvalue weighted by Gasteiger charge is -2.11. The molecule has 0 unspecified atom stereocenters. The van der Waals surface area contributed by atoms with E-state index in [9.17, 15) is 10.1 Å². The minimum Gasteiger partial charge on any atom is -0.378 e. The maximum Gasteiger partial charge on any atom is 0.278 e. The van der Waals surface area contributed by atoms with Gasteiger partial charge in [-0.05, 0) is 48.0 Å². The average Bonchev–Trinajstić information content (AvgIpc) is 2.41. The lowest BCUT2D eigenvalue weighted by molar-refractivity contribution is -0.386. The maximum absolute atomic E-state index is 11.1. The Morgan fingerprint density at radius 3 is 2.71 bits per heavy atom. The van der Waals surface area contributed by atoms with Gasteiger partial charge in [0.05, 0.1) is 22.7 Å². The van der Waals surface area contributed by atoms with Crippen LogP contribution in [-0.2, 0) is 6.54 Å². The number of hydrogen-bond donors (Lipinski definition) is 1. The van der Waals surface area contributed by atoms with Crippen molar-refractivity contribution < 1.29 is 4.92 Å². The first-order valence-electron chi connectivity index (χ1n) is 6.18. The van der Waals surface area contributed by atoms with Gasteiger partial charge < -0.3 is 5.32 Å². The van der Waals surface area contributed by atoms with Crippen molar-refractivity contribution in [3.05, 3.63) is 60.3 Å². The van der Waals surface area contributed by atoms with Gasteiger partial charge in [-0.15, -0.1) is 0 Å². The molecule has 0 spiro atoms. The van der Waals surface area contributed by atoms with Crippen LogP contribution in [0.1, 0.15) is 16.8 Å². The number of pyridine rings is 1. The Balaban J connectivity index is 2.27. The van der Waals surface area contributed by atoms with E-state index in [-0.39, 0.29) is 10.6 Å². The zero-order chi connectivity index (χ0) is 15.6. The number of rotatable bonds is 4. The second-order valence-corrected chi connectivity index (χ2v) is 6.37. The Morgan fingerprint density at radius 2 is 2.05 bits per heavy atom. The number of aromatic nitrogens is 1. The average molecular weight is 415 g/mol. The summed E-state index contributed by atoms with van der Waals surface area (Å²) < 4.78 is 1.87. The fraction of sp³-hybridized carbons (Fsp3) is 0.214. The van der Waals surface area contributed by atoms with E-state index in [1.54, 1.807) is 13.8 Å². The highest BCUT2D eigenvalue weighted by molar-refractivity contribution is 9.11. The molecule has 0 aliphatic carbocycles. The number of aryl methyl sites for hydroxylation is 1. The van der Waals surface area contributed by atoms with Crippen molar-refractivity contribution in [1.29, 1.82) is 0 Å². The number of anilines is 1. The smallest absolute Gasteiger partial charge is 0.278 e. The van der Waals surface area contributed by atoms with Crippen molar-refractivity contribution in [1.82, 2.24) is 4.98 Å². The van der Waals surface area contributed by atoms with Crippen LogP contribution in [-0.4, -0.2) is 9.91 Å². The van der Waals surface area contributed by atoms with Crippen molar-refractivity contribution in [3.8, 4) is 0 Å². The monoisotopic (exact) mass is 413 g/mol. The first-order valence-corrected chi connectivity index (χ1v) is 7.77. The Kier molecular flexibility index (Phi) is 4.95. The second-order valence-electron chi connectivity index (χ2n) is 4.60. The Bertz CT molecular complexity index is 705. The maximum atomic E-state index is 11.1. The van der Waals surface area contributed by atoms with E-state index in [0.29, 0.717) is 23.4 Å². The molecule has 5 nitrogen and oxygen atoms in total. The molecule has 0 bridgehead atoms. The van der Waals surface area contributed by atoms with Crippen LogP contribution >= 0.6 is 31.9 Å². The number of nitrogens with one attached hydrogen (secondary N) is 1. The summed E-state index contributed by atoms with van der Waals surface area (Å²) in [5, 5.41) is 14.3. The standard InChI is InChI=1S/C14H13Br2N3O2/c1-8-6-17-13(9(2)14(8)19(20)21)7-18-12-5-10(15)3-4-11(12)16/h3-6,18H,7H2,1-2H3. The van der Waals surface area contributed by atoms with Crippen molar-refractivity contribution in [2.24, 2.45) is 0 Å². The fourth-order valence-electron chi connectivity index (χ4n) is 2.04.